The van der Waals surface area contributed by atoms with Gasteiger partial charge in [-0.2, -0.15) is 4.98 Å². The summed E-state index contributed by atoms with van der Waals surface area (Å²) in [5, 5.41) is 7.92. The number of aliphatic imine (C=N–C) groups is 1. The van der Waals surface area contributed by atoms with Gasteiger partial charge in [0.1, 0.15) is 25.1 Å². The Labute approximate surface area is 192 Å². The molecule has 1 N–H and O–H groups in total. The number of rotatable bonds is 9. The van der Waals surface area contributed by atoms with Gasteiger partial charge in [-0.3, -0.25) is 9.98 Å². The van der Waals surface area contributed by atoms with Crippen LogP contribution >= 0.6 is 0 Å². The first-order chi connectivity index (χ1) is 16.1. The molecule has 1 atom stereocenters. The summed E-state index contributed by atoms with van der Waals surface area (Å²) in [5.41, 5.74) is 2.46. The van der Waals surface area contributed by atoms with Crippen LogP contribution in [0.15, 0.2) is 34.1 Å². The Bertz CT molecular complexity index is 1060. The van der Waals surface area contributed by atoms with E-state index in [1.807, 2.05) is 18.2 Å². The van der Waals surface area contributed by atoms with Crippen LogP contribution in [0.25, 0.3) is 11.3 Å². The molecule has 0 saturated carbocycles. The van der Waals surface area contributed by atoms with E-state index in [-0.39, 0.29) is 36.7 Å². The average molecular weight is 455 g/mol. The lowest BCUT2D eigenvalue weighted by Gasteiger charge is -2.24. The van der Waals surface area contributed by atoms with E-state index in [2.05, 4.69) is 16.9 Å². The van der Waals surface area contributed by atoms with Crippen LogP contribution in [-0.2, 0) is 22.4 Å². The van der Waals surface area contributed by atoms with Crippen molar-refractivity contribution in [1.82, 2.24) is 9.55 Å². The Kier molecular flexibility index (Phi) is 7.85. The quantitative estimate of drug-likeness (QED) is 0.355. The van der Waals surface area contributed by atoms with E-state index in [1.54, 1.807) is 16.8 Å². The Morgan fingerprint density at radius 2 is 2.24 bits per heavy atom. The summed E-state index contributed by atoms with van der Waals surface area (Å²) in [6.07, 6.45) is 5.35. The number of nitrogens with zero attached hydrogens (tertiary/aromatic N) is 3. The fourth-order valence-corrected chi connectivity index (χ4v) is 3.82. The van der Waals surface area contributed by atoms with Gasteiger partial charge < -0.3 is 18.9 Å². The van der Waals surface area contributed by atoms with Crippen molar-refractivity contribution < 1.29 is 18.9 Å². The second-order valence-corrected chi connectivity index (χ2v) is 8.05. The molecule has 1 fully saturated rings. The summed E-state index contributed by atoms with van der Waals surface area (Å²) in [5.74, 6) is 1.15. The topological polar surface area (TPSA) is 108 Å². The molecule has 2 aromatic rings. The maximum atomic E-state index is 12.6. The molecule has 9 heteroatoms. The van der Waals surface area contributed by atoms with E-state index in [1.165, 1.54) is 0 Å². The van der Waals surface area contributed by atoms with Gasteiger partial charge in [-0.1, -0.05) is 13.3 Å². The number of ether oxygens (including phenoxy) is 4. The zero-order chi connectivity index (χ0) is 23.0. The minimum atomic E-state index is -0.330. The van der Waals surface area contributed by atoms with Crippen LogP contribution in [0.1, 0.15) is 31.7 Å². The van der Waals surface area contributed by atoms with E-state index >= 15 is 0 Å². The fraction of sp³-hybridized carbons (Fsp3) is 0.500. The van der Waals surface area contributed by atoms with Gasteiger partial charge in [0.2, 0.25) is 5.88 Å². The molecule has 0 amide bonds. The molecule has 0 spiro atoms. The zero-order valence-corrected chi connectivity index (χ0v) is 18.9. The van der Waals surface area contributed by atoms with Crippen molar-refractivity contribution in [2.24, 2.45) is 4.99 Å². The highest BCUT2D eigenvalue weighted by molar-refractivity contribution is 5.88. The summed E-state index contributed by atoms with van der Waals surface area (Å²) >= 11 is 0. The van der Waals surface area contributed by atoms with E-state index in [0.717, 1.165) is 36.1 Å². The van der Waals surface area contributed by atoms with Crippen LogP contribution in [0.3, 0.4) is 0 Å². The van der Waals surface area contributed by atoms with Crippen LogP contribution in [0.2, 0.25) is 0 Å². The average Bonchev–Trinajstić information content (AvgIpc) is 2.84. The van der Waals surface area contributed by atoms with Crippen molar-refractivity contribution in [2.75, 3.05) is 33.0 Å². The first kappa shape index (κ1) is 23.1. The Morgan fingerprint density at radius 3 is 3.06 bits per heavy atom. The normalized spacial score (nSPS) is 17.4. The van der Waals surface area contributed by atoms with Crippen LogP contribution in [0.4, 0.5) is 0 Å². The molecule has 1 unspecified atom stereocenters. The van der Waals surface area contributed by atoms with Gasteiger partial charge in [0.25, 0.3) is 0 Å². The SMILES string of the molecule is CCCC/C=N/C(=N)COc1ccc2c(c1)CCn1c-2cc(OCC2COCCO2)nc1=O. The number of aryl methyl sites for hydroxylation is 1. The molecule has 176 valence electrons. The lowest BCUT2D eigenvalue weighted by Crippen LogP contribution is -2.34. The first-order valence-corrected chi connectivity index (χ1v) is 11.4. The highest BCUT2D eigenvalue weighted by Crippen LogP contribution is 2.32. The Hall–Kier alpha value is -3.04. The van der Waals surface area contributed by atoms with Crippen molar-refractivity contribution in [3.8, 4) is 22.9 Å². The number of fused-ring (bicyclic) bond motifs is 3. The molecule has 2 aliphatic heterocycles. The van der Waals surface area contributed by atoms with Gasteiger partial charge in [0, 0.05) is 24.4 Å². The molecule has 0 aliphatic carbocycles. The smallest absolute Gasteiger partial charge is 0.351 e. The van der Waals surface area contributed by atoms with E-state index in [0.29, 0.717) is 38.5 Å². The number of nitrogens with one attached hydrogen (secondary N) is 1. The molecular formula is C24H30N4O5. The predicted octanol–water partition coefficient (Wildman–Crippen LogP) is 2.88. The lowest BCUT2D eigenvalue weighted by atomic mass is 9.97. The van der Waals surface area contributed by atoms with Crippen LogP contribution in [-0.4, -0.2) is 60.7 Å². The monoisotopic (exact) mass is 454 g/mol. The predicted molar refractivity (Wildman–Crippen MR) is 125 cm³/mol. The van der Waals surface area contributed by atoms with E-state index in [9.17, 15) is 4.79 Å². The van der Waals surface area contributed by atoms with Gasteiger partial charge >= 0.3 is 5.69 Å². The molecule has 3 heterocycles. The lowest BCUT2D eigenvalue weighted by molar-refractivity contribution is -0.102. The number of hydrogen-bond acceptors (Lipinski definition) is 7. The fourth-order valence-electron chi connectivity index (χ4n) is 3.82. The minimum absolute atomic E-state index is 0.117. The molecule has 0 radical (unpaired) electrons. The van der Waals surface area contributed by atoms with Crippen molar-refractivity contribution in [2.45, 2.75) is 45.3 Å². The molecular weight excluding hydrogens is 424 g/mol. The number of aromatic nitrogens is 2. The van der Waals surface area contributed by atoms with Gasteiger partial charge in [0.15, 0.2) is 5.84 Å². The third-order valence-corrected chi connectivity index (χ3v) is 5.56. The maximum absolute atomic E-state index is 12.6. The molecule has 0 bridgehead atoms. The van der Waals surface area contributed by atoms with Gasteiger partial charge in [-0.05, 0) is 43.0 Å². The highest BCUT2D eigenvalue weighted by atomic mass is 16.6. The van der Waals surface area contributed by atoms with Gasteiger partial charge in [0.05, 0.1) is 25.5 Å². The largest absolute Gasteiger partial charge is 0.486 e. The number of unbranched alkanes of at least 4 members (excludes halogenated alkanes) is 2. The Balaban J connectivity index is 1.43. The number of hydrogen-bond donors (Lipinski definition) is 1. The van der Waals surface area contributed by atoms with Gasteiger partial charge in [-0.15, -0.1) is 0 Å². The minimum Gasteiger partial charge on any atom is -0.486 e. The maximum Gasteiger partial charge on any atom is 0.351 e. The highest BCUT2D eigenvalue weighted by Gasteiger charge is 2.21. The van der Waals surface area contributed by atoms with Crippen LogP contribution in [0.5, 0.6) is 11.6 Å². The third kappa shape index (κ3) is 6.06. The van der Waals surface area contributed by atoms with E-state index in [4.69, 9.17) is 24.4 Å². The van der Waals surface area contributed by atoms with E-state index < -0.39 is 0 Å². The van der Waals surface area contributed by atoms with Crippen molar-refractivity contribution in [3.05, 3.63) is 40.3 Å². The molecule has 1 aromatic carbocycles. The first-order valence-electron chi connectivity index (χ1n) is 11.4. The van der Waals surface area contributed by atoms with Crippen molar-refractivity contribution in [1.29, 1.82) is 5.41 Å². The van der Waals surface area contributed by atoms with Crippen molar-refractivity contribution in [3.63, 3.8) is 0 Å². The number of amidine groups is 1. The summed E-state index contributed by atoms with van der Waals surface area (Å²) in [6.45, 7) is 4.65. The molecule has 2 aliphatic rings. The Morgan fingerprint density at radius 1 is 1.33 bits per heavy atom. The van der Waals surface area contributed by atoms with Crippen molar-refractivity contribution >= 4 is 12.1 Å². The molecule has 9 nitrogen and oxygen atoms in total. The second kappa shape index (κ2) is 11.2. The standard InChI is InChI=1S/C24H30N4O5/c1-2-3-4-8-26-22(25)16-32-18-5-6-20-17(12-18)7-9-28-21(20)13-23(27-24(28)29)33-15-19-14-30-10-11-31-19/h5-6,8,12-13,19,25H,2-4,7,9-11,14-16H2,1H3/b25-22?,26-8+. The third-order valence-electron chi connectivity index (χ3n) is 5.56. The summed E-state index contributed by atoms with van der Waals surface area (Å²) < 4.78 is 24.1. The second-order valence-electron chi connectivity index (χ2n) is 8.05. The van der Waals surface area contributed by atoms with Crippen LogP contribution < -0.4 is 15.2 Å². The van der Waals surface area contributed by atoms with Gasteiger partial charge in [-0.25, -0.2) is 9.79 Å². The number of benzene rings is 1. The molecule has 1 aromatic heterocycles. The molecule has 1 saturated heterocycles. The summed E-state index contributed by atoms with van der Waals surface area (Å²) in [4.78, 5) is 20.8. The molecule has 33 heavy (non-hydrogen) atoms. The summed E-state index contributed by atoms with van der Waals surface area (Å²) in [6, 6.07) is 7.54. The van der Waals surface area contributed by atoms with Crippen LogP contribution in [0, 0.1) is 5.41 Å². The molecule has 4 rings (SSSR count). The summed E-state index contributed by atoms with van der Waals surface area (Å²) in [7, 11) is 0. The zero-order valence-electron chi connectivity index (χ0n) is 18.9.